The molecule has 0 spiro atoms. The third-order valence-corrected chi connectivity index (χ3v) is 3.73. The molecule has 0 radical (unpaired) electrons. The van der Waals surface area contributed by atoms with Gasteiger partial charge in [0.15, 0.2) is 0 Å². The zero-order valence-electron chi connectivity index (χ0n) is 12.3. The van der Waals surface area contributed by atoms with Crippen molar-refractivity contribution in [2.75, 3.05) is 25.4 Å². The number of hydrogen-bond donors (Lipinski definition) is 1. The first-order chi connectivity index (χ1) is 9.06. The minimum atomic E-state index is 0.326. The number of imidazole rings is 1. The highest BCUT2D eigenvalue weighted by atomic mass is 15.2. The maximum absolute atomic E-state index is 6.10. The minimum absolute atomic E-state index is 0.326. The molecule has 0 aliphatic carbocycles. The van der Waals surface area contributed by atoms with E-state index < -0.39 is 0 Å². The van der Waals surface area contributed by atoms with Crippen LogP contribution in [0.25, 0.3) is 11.0 Å². The highest BCUT2D eigenvalue weighted by Gasteiger charge is 2.15. The number of nitrogens with zero attached hydrogens (tertiary/aromatic N) is 3. The van der Waals surface area contributed by atoms with Crippen molar-refractivity contribution >= 4 is 17.0 Å². The fourth-order valence-corrected chi connectivity index (χ4v) is 2.63. The maximum atomic E-state index is 6.10. The van der Waals surface area contributed by atoms with Gasteiger partial charge in [-0.15, -0.1) is 0 Å². The van der Waals surface area contributed by atoms with Crippen LogP contribution in [0.1, 0.15) is 32.4 Å². The second-order valence-corrected chi connectivity index (χ2v) is 5.17. The lowest BCUT2D eigenvalue weighted by Gasteiger charge is -2.24. The zero-order chi connectivity index (χ0) is 14.0. The number of aromatic nitrogens is 2. The van der Waals surface area contributed by atoms with Gasteiger partial charge in [-0.05, 0) is 44.6 Å². The van der Waals surface area contributed by atoms with Gasteiger partial charge >= 0.3 is 0 Å². The molecule has 0 aliphatic heterocycles. The molecule has 1 aromatic heterocycles. The van der Waals surface area contributed by atoms with Gasteiger partial charge in [0.05, 0.1) is 11.0 Å². The van der Waals surface area contributed by atoms with Gasteiger partial charge in [0.25, 0.3) is 0 Å². The van der Waals surface area contributed by atoms with Gasteiger partial charge in [-0.1, -0.05) is 19.9 Å². The molecule has 0 amide bonds. The summed E-state index contributed by atoms with van der Waals surface area (Å²) >= 11 is 0. The zero-order valence-corrected chi connectivity index (χ0v) is 12.3. The Morgan fingerprint density at radius 3 is 2.63 bits per heavy atom. The normalized spacial score (nSPS) is 13.3. The number of hydrogen-bond acceptors (Lipinski definition) is 3. The first-order valence-corrected chi connectivity index (χ1v) is 7.03. The third-order valence-electron chi connectivity index (χ3n) is 3.73. The highest BCUT2D eigenvalue weighted by Crippen LogP contribution is 2.24. The van der Waals surface area contributed by atoms with Crippen LogP contribution in [0.4, 0.5) is 5.95 Å². The quantitative estimate of drug-likeness (QED) is 0.899. The van der Waals surface area contributed by atoms with E-state index in [0.29, 0.717) is 12.0 Å². The van der Waals surface area contributed by atoms with E-state index in [4.69, 9.17) is 5.73 Å². The summed E-state index contributed by atoms with van der Waals surface area (Å²) in [7, 11) is 0. The SMILES string of the molecule is CCN(CC)CC(C)n1c(N)nc2cc(C)ccc21. The van der Waals surface area contributed by atoms with Crippen molar-refractivity contribution in [3.05, 3.63) is 23.8 Å². The van der Waals surface area contributed by atoms with E-state index in [1.165, 1.54) is 5.56 Å². The summed E-state index contributed by atoms with van der Waals surface area (Å²) in [6.07, 6.45) is 0. The van der Waals surface area contributed by atoms with Crippen LogP contribution in [0.3, 0.4) is 0 Å². The molecular weight excluding hydrogens is 236 g/mol. The first-order valence-electron chi connectivity index (χ1n) is 7.03. The average molecular weight is 260 g/mol. The van der Waals surface area contributed by atoms with Crippen molar-refractivity contribution in [3.8, 4) is 0 Å². The lowest BCUT2D eigenvalue weighted by Crippen LogP contribution is -2.29. The number of aryl methyl sites for hydroxylation is 1. The highest BCUT2D eigenvalue weighted by molar-refractivity contribution is 5.79. The Morgan fingerprint density at radius 1 is 1.32 bits per heavy atom. The van der Waals surface area contributed by atoms with Crippen molar-refractivity contribution in [3.63, 3.8) is 0 Å². The molecule has 0 saturated heterocycles. The van der Waals surface area contributed by atoms with Crippen LogP contribution < -0.4 is 5.73 Å². The number of rotatable bonds is 5. The van der Waals surface area contributed by atoms with Gasteiger partial charge in [0.2, 0.25) is 5.95 Å². The molecule has 104 valence electrons. The molecule has 1 atom stereocenters. The number of nitrogen functional groups attached to an aromatic ring is 1. The fraction of sp³-hybridized carbons (Fsp3) is 0.533. The Morgan fingerprint density at radius 2 is 2.00 bits per heavy atom. The second-order valence-electron chi connectivity index (χ2n) is 5.17. The van der Waals surface area contributed by atoms with Crippen molar-refractivity contribution in [2.24, 2.45) is 0 Å². The molecule has 2 N–H and O–H groups in total. The molecular formula is C15H24N4. The molecule has 1 heterocycles. The topological polar surface area (TPSA) is 47.1 Å². The van der Waals surface area contributed by atoms with E-state index in [1.54, 1.807) is 0 Å². The largest absolute Gasteiger partial charge is 0.369 e. The van der Waals surface area contributed by atoms with E-state index in [2.05, 4.69) is 60.3 Å². The summed E-state index contributed by atoms with van der Waals surface area (Å²) in [6, 6.07) is 6.65. The van der Waals surface area contributed by atoms with Gasteiger partial charge < -0.3 is 15.2 Å². The van der Waals surface area contributed by atoms with E-state index in [1.807, 2.05) is 0 Å². The van der Waals surface area contributed by atoms with E-state index in [-0.39, 0.29) is 0 Å². The fourth-order valence-electron chi connectivity index (χ4n) is 2.63. The van der Waals surface area contributed by atoms with Gasteiger partial charge in [-0.3, -0.25) is 0 Å². The molecule has 2 aromatic rings. The Kier molecular flexibility index (Phi) is 4.10. The van der Waals surface area contributed by atoms with Gasteiger partial charge in [0.1, 0.15) is 0 Å². The van der Waals surface area contributed by atoms with Gasteiger partial charge in [-0.25, -0.2) is 4.98 Å². The van der Waals surface area contributed by atoms with Crippen molar-refractivity contribution < 1.29 is 0 Å². The first kappa shape index (κ1) is 13.9. The lowest BCUT2D eigenvalue weighted by molar-refractivity contribution is 0.264. The molecule has 1 aromatic carbocycles. The molecule has 0 saturated carbocycles. The van der Waals surface area contributed by atoms with E-state index in [0.717, 1.165) is 30.7 Å². The molecule has 2 rings (SSSR count). The molecule has 19 heavy (non-hydrogen) atoms. The monoisotopic (exact) mass is 260 g/mol. The maximum Gasteiger partial charge on any atom is 0.201 e. The van der Waals surface area contributed by atoms with Crippen LogP contribution in [-0.2, 0) is 0 Å². The third kappa shape index (κ3) is 2.73. The van der Waals surface area contributed by atoms with Gasteiger partial charge in [0, 0.05) is 12.6 Å². The molecule has 0 bridgehead atoms. The summed E-state index contributed by atoms with van der Waals surface area (Å²) < 4.78 is 2.15. The van der Waals surface area contributed by atoms with Crippen LogP contribution in [0.2, 0.25) is 0 Å². The van der Waals surface area contributed by atoms with Crippen LogP contribution >= 0.6 is 0 Å². The Hall–Kier alpha value is -1.55. The predicted molar refractivity (Wildman–Crippen MR) is 81.4 cm³/mol. The Labute approximate surface area is 115 Å². The summed E-state index contributed by atoms with van der Waals surface area (Å²) in [5, 5.41) is 0. The van der Waals surface area contributed by atoms with Crippen LogP contribution in [0, 0.1) is 6.92 Å². The number of likely N-dealkylation sites (N-methyl/N-ethyl adjacent to an activating group) is 1. The van der Waals surface area contributed by atoms with E-state index in [9.17, 15) is 0 Å². The van der Waals surface area contributed by atoms with Crippen LogP contribution in [-0.4, -0.2) is 34.1 Å². The summed E-state index contributed by atoms with van der Waals surface area (Å²) in [4.78, 5) is 6.88. The van der Waals surface area contributed by atoms with Crippen molar-refractivity contribution in [2.45, 2.75) is 33.7 Å². The summed E-state index contributed by atoms with van der Waals surface area (Å²) in [5.41, 5.74) is 9.43. The lowest BCUT2D eigenvalue weighted by atomic mass is 10.2. The molecule has 0 aliphatic rings. The standard InChI is InChI=1S/C15H24N4/c1-5-18(6-2)10-12(4)19-14-8-7-11(3)9-13(14)17-15(19)16/h7-9,12H,5-6,10H2,1-4H3,(H2,16,17). The van der Waals surface area contributed by atoms with Crippen molar-refractivity contribution in [1.82, 2.24) is 14.5 Å². The average Bonchev–Trinajstić information content (AvgIpc) is 2.70. The number of anilines is 1. The molecule has 1 unspecified atom stereocenters. The number of fused-ring (bicyclic) bond motifs is 1. The molecule has 4 heteroatoms. The summed E-state index contributed by atoms with van der Waals surface area (Å²) in [6.45, 7) is 11.8. The van der Waals surface area contributed by atoms with Crippen LogP contribution in [0.5, 0.6) is 0 Å². The minimum Gasteiger partial charge on any atom is -0.369 e. The predicted octanol–water partition coefficient (Wildman–Crippen LogP) is 2.83. The molecule has 4 nitrogen and oxygen atoms in total. The van der Waals surface area contributed by atoms with E-state index >= 15 is 0 Å². The van der Waals surface area contributed by atoms with Crippen molar-refractivity contribution in [1.29, 1.82) is 0 Å². The Bertz CT molecular complexity index is 555. The van der Waals surface area contributed by atoms with Gasteiger partial charge in [-0.2, -0.15) is 0 Å². The molecule has 0 fully saturated rings. The second kappa shape index (κ2) is 5.61. The Balaban J connectivity index is 2.36. The van der Waals surface area contributed by atoms with Crippen LogP contribution in [0.15, 0.2) is 18.2 Å². The summed E-state index contributed by atoms with van der Waals surface area (Å²) in [5.74, 6) is 0.611. The number of nitrogens with two attached hydrogens (primary N) is 1. The smallest absolute Gasteiger partial charge is 0.201 e. The number of benzene rings is 1.